The Morgan fingerprint density at radius 2 is 1.86 bits per heavy atom. The standard InChI is InChI=1S/C27H30N6O2S/c1-16-8-9-17(2)22(12-16)32-18(3)13-20(19(32)4)14-21-25(28)33-27(29-26(21)35)36-23(30-33)15-24(34)31-10-6-5-7-11-31/h8-9,12-14,28H,5-7,10-11,15H2,1-4H3. The minimum absolute atomic E-state index is 0.0190. The summed E-state index contributed by atoms with van der Waals surface area (Å²) >= 11 is 1.20. The summed E-state index contributed by atoms with van der Waals surface area (Å²) in [6, 6.07) is 8.37. The molecule has 0 aliphatic carbocycles. The molecule has 1 aromatic heterocycles. The van der Waals surface area contributed by atoms with Gasteiger partial charge in [0.05, 0.1) is 12.0 Å². The number of carbonyl (C=O) groups excluding carboxylic acids is 2. The van der Waals surface area contributed by atoms with Crippen LogP contribution < -0.4 is 0 Å². The summed E-state index contributed by atoms with van der Waals surface area (Å²) in [7, 11) is 0. The fraction of sp³-hybridized carbons (Fsp3) is 0.370. The summed E-state index contributed by atoms with van der Waals surface area (Å²) in [6.07, 6.45) is 5.11. The second-order valence-corrected chi connectivity index (χ2v) is 10.6. The van der Waals surface area contributed by atoms with Crippen molar-refractivity contribution in [3.8, 4) is 5.69 Å². The molecule has 1 N–H and O–H groups in total. The Labute approximate surface area is 215 Å². The van der Waals surface area contributed by atoms with E-state index in [4.69, 9.17) is 5.41 Å². The van der Waals surface area contributed by atoms with Gasteiger partial charge < -0.3 is 9.47 Å². The van der Waals surface area contributed by atoms with Crippen molar-refractivity contribution in [1.82, 2.24) is 14.5 Å². The minimum atomic E-state index is -0.464. The molecule has 5 rings (SSSR count). The molecular formula is C27H30N6O2S. The molecule has 1 fully saturated rings. The maximum atomic E-state index is 12.9. The minimum Gasteiger partial charge on any atom is -0.342 e. The Kier molecular flexibility index (Phi) is 6.42. The molecule has 0 atom stereocenters. The number of aryl methyl sites for hydroxylation is 3. The van der Waals surface area contributed by atoms with Crippen LogP contribution in [0.15, 0.2) is 39.9 Å². The van der Waals surface area contributed by atoms with E-state index in [0.29, 0.717) is 10.2 Å². The van der Waals surface area contributed by atoms with Crippen LogP contribution in [0.25, 0.3) is 11.8 Å². The van der Waals surface area contributed by atoms with E-state index in [2.05, 4.69) is 46.7 Å². The van der Waals surface area contributed by atoms with E-state index in [1.54, 1.807) is 6.08 Å². The van der Waals surface area contributed by atoms with Gasteiger partial charge >= 0.3 is 0 Å². The van der Waals surface area contributed by atoms with Gasteiger partial charge in [-0.3, -0.25) is 15.0 Å². The van der Waals surface area contributed by atoms with Crippen LogP contribution in [-0.4, -0.2) is 55.4 Å². The van der Waals surface area contributed by atoms with Crippen molar-refractivity contribution in [3.05, 3.63) is 57.9 Å². The molecule has 0 bridgehead atoms. The van der Waals surface area contributed by atoms with Crippen LogP contribution in [0.2, 0.25) is 0 Å². The van der Waals surface area contributed by atoms with Crippen LogP contribution in [0.1, 0.15) is 53.8 Å². The normalized spacial score (nSPS) is 19.1. The lowest BCUT2D eigenvalue weighted by Crippen LogP contribution is -2.36. The number of rotatable bonds is 4. The highest BCUT2D eigenvalue weighted by atomic mass is 32.2. The second-order valence-electron chi connectivity index (χ2n) is 9.58. The third-order valence-corrected chi connectivity index (χ3v) is 7.79. The molecule has 8 nitrogen and oxygen atoms in total. The third-order valence-electron chi connectivity index (χ3n) is 6.88. The van der Waals surface area contributed by atoms with Crippen molar-refractivity contribution in [2.24, 2.45) is 10.1 Å². The molecule has 0 unspecified atom stereocenters. The predicted octanol–water partition coefficient (Wildman–Crippen LogP) is 4.73. The van der Waals surface area contributed by atoms with E-state index >= 15 is 0 Å². The van der Waals surface area contributed by atoms with Crippen molar-refractivity contribution in [2.75, 3.05) is 13.1 Å². The van der Waals surface area contributed by atoms with Gasteiger partial charge in [-0.15, -0.1) is 0 Å². The maximum Gasteiger partial charge on any atom is 0.283 e. The number of carbonyl (C=O) groups is 2. The molecule has 3 aliphatic rings. The summed E-state index contributed by atoms with van der Waals surface area (Å²) in [5, 5.41) is 15.5. The predicted molar refractivity (Wildman–Crippen MR) is 145 cm³/mol. The summed E-state index contributed by atoms with van der Waals surface area (Å²) in [4.78, 5) is 31.7. The largest absolute Gasteiger partial charge is 0.342 e. The van der Waals surface area contributed by atoms with Crippen LogP contribution in [-0.2, 0) is 9.59 Å². The number of nitrogens with zero attached hydrogens (tertiary/aromatic N) is 5. The molecule has 0 spiro atoms. The molecule has 0 radical (unpaired) electrons. The average molecular weight is 503 g/mol. The number of aromatic nitrogens is 1. The van der Waals surface area contributed by atoms with E-state index in [9.17, 15) is 9.59 Å². The van der Waals surface area contributed by atoms with Crippen molar-refractivity contribution < 1.29 is 9.59 Å². The highest BCUT2D eigenvalue weighted by Gasteiger charge is 2.36. The summed E-state index contributed by atoms with van der Waals surface area (Å²) in [5.74, 6) is -0.447. The molecule has 1 saturated heterocycles. The Hall–Kier alpha value is -3.46. The zero-order valence-electron chi connectivity index (χ0n) is 21.1. The number of aliphatic imine (C=N–C) groups is 1. The first-order chi connectivity index (χ1) is 17.2. The fourth-order valence-corrected chi connectivity index (χ4v) is 5.78. The van der Waals surface area contributed by atoms with Gasteiger partial charge in [0, 0.05) is 30.2 Å². The molecule has 0 saturated carbocycles. The van der Waals surface area contributed by atoms with E-state index in [1.807, 2.05) is 24.8 Å². The topological polar surface area (TPSA) is 94.1 Å². The lowest BCUT2D eigenvalue weighted by molar-refractivity contribution is -0.130. The Balaban J connectivity index is 1.41. The van der Waals surface area contributed by atoms with Gasteiger partial charge in [0.25, 0.3) is 5.91 Å². The van der Waals surface area contributed by atoms with Crippen molar-refractivity contribution in [2.45, 2.75) is 53.4 Å². The number of fused-ring (bicyclic) bond motifs is 1. The SMILES string of the molecule is Cc1ccc(C)c(-n2c(C)cc(C=C3C(=N)N4N=C(CC(=O)N5CCCCC5)SC4=NC3=O)c2C)c1. The molecule has 1 aromatic carbocycles. The average Bonchev–Trinajstić information content (AvgIpc) is 3.38. The number of hydrogen-bond donors (Lipinski definition) is 1. The van der Waals surface area contributed by atoms with Gasteiger partial charge in [-0.2, -0.15) is 15.1 Å². The number of hydrogen-bond acceptors (Lipinski definition) is 5. The number of piperidine rings is 1. The Bertz CT molecular complexity index is 1380. The summed E-state index contributed by atoms with van der Waals surface area (Å²) < 4.78 is 2.18. The first-order valence-corrected chi connectivity index (χ1v) is 13.1. The number of hydrazone groups is 1. The van der Waals surface area contributed by atoms with E-state index < -0.39 is 5.91 Å². The quantitative estimate of drug-likeness (QED) is 0.612. The van der Waals surface area contributed by atoms with E-state index in [1.165, 1.54) is 22.3 Å². The molecule has 2 aromatic rings. The number of amidine groups is 2. The smallest absolute Gasteiger partial charge is 0.283 e. The van der Waals surface area contributed by atoms with Crippen LogP contribution in [0.5, 0.6) is 0 Å². The number of likely N-dealkylation sites (tertiary alicyclic amines) is 1. The van der Waals surface area contributed by atoms with Crippen LogP contribution in [0.3, 0.4) is 0 Å². The van der Waals surface area contributed by atoms with Gasteiger partial charge in [-0.25, -0.2) is 0 Å². The number of thioether (sulfide) groups is 1. The molecule has 186 valence electrons. The Morgan fingerprint density at radius 1 is 1.11 bits per heavy atom. The van der Waals surface area contributed by atoms with Crippen molar-refractivity contribution in [1.29, 1.82) is 5.41 Å². The van der Waals surface area contributed by atoms with Crippen LogP contribution in [0.4, 0.5) is 0 Å². The van der Waals surface area contributed by atoms with Crippen LogP contribution in [0, 0.1) is 33.1 Å². The fourth-order valence-electron chi connectivity index (χ4n) is 4.91. The Morgan fingerprint density at radius 3 is 2.61 bits per heavy atom. The van der Waals surface area contributed by atoms with Gasteiger partial charge in [-0.1, -0.05) is 12.1 Å². The van der Waals surface area contributed by atoms with Crippen molar-refractivity contribution in [3.63, 3.8) is 0 Å². The highest BCUT2D eigenvalue weighted by Crippen LogP contribution is 2.31. The summed E-state index contributed by atoms with van der Waals surface area (Å²) in [5.41, 5.74) is 6.50. The summed E-state index contributed by atoms with van der Waals surface area (Å²) in [6.45, 7) is 9.76. The first kappa shape index (κ1) is 24.2. The second kappa shape index (κ2) is 9.54. The third kappa shape index (κ3) is 4.43. The molecule has 3 aliphatic heterocycles. The molecule has 2 amide bonds. The monoisotopic (exact) mass is 502 g/mol. The van der Waals surface area contributed by atoms with Crippen molar-refractivity contribution >= 4 is 45.7 Å². The number of amides is 2. The molecule has 36 heavy (non-hydrogen) atoms. The maximum absolute atomic E-state index is 12.9. The first-order valence-electron chi connectivity index (χ1n) is 12.3. The molecule has 9 heteroatoms. The van der Waals surface area contributed by atoms with Crippen LogP contribution >= 0.6 is 11.8 Å². The zero-order valence-corrected chi connectivity index (χ0v) is 21.9. The zero-order chi connectivity index (χ0) is 25.6. The number of benzene rings is 1. The van der Waals surface area contributed by atoms with E-state index in [-0.39, 0.29) is 23.7 Å². The lowest BCUT2D eigenvalue weighted by atomic mass is 10.1. The van der Waals surface area contributed by atoms with Gasteiger partial charge in [-0.05, 0) is 93.6 Å². The highest BCUT2D eigenvalue weighted by molar-refractivity contribution is 8.27. The van der Waals surface area contributed by atoms with Gasteiger partial charge in [0.15, 0.2) is 5.84 Å². The lowest BCUT2D eigenvalue weighted by Gasteiger charge is -2.26. The number of nitrogens with one attached hydrogen (secondary N) is 1. The van der Waals surface area contributed by atoms with E-state index in [0.717, 1.165) is 60.6 Å². The molecule has 4 heterocycles. The van der Waals surface area contributed by atoms with Gasteiger partial charge in [0.1, 0.15) is 5.04 Å². The molecular weight excluding hydrogens is 472 g/mol. The van der Waals surface area contributed by atoms with Gasteiger partial charge in [0.2, 0.25) is 11.1 Å².